The Morgan fingerprint density at radius 2 is 1.78 bits per heavy atom. The Bertz CT molecular complexity index is 395. The SMILES string of the molecule is CCCCS(=O)CC(=O)c1ccc(CCC)cc1. The third kappa shape index (κ3) is 5.13. The lowest BCUT2D eigenvalue weighted by atomic mass is 10.1. The van der Waals surface area contributed by atoms with E-state index in [2.05, 4.69) is 13.8 Å². The van der Waals surface area contributed by atoms with Crippen molar-refractivity contribution in [1.82, 2.24) is 0 Å². The molecule has 0 aliphatic carbocycles. The fraction of sp³-hybridized carbons (Fsp3) is 0.533. The second kappa shape index (κ2) is 8.20. The molecule has 0 heterocycles. The van der Waals surface area contributed by atoms with Crippen LogP contribution in [0, 0.1) is 0 Å². The fourth-order valence-corrected chi connectivity index (χ4v) is 2.97. The van der Waals surface area contributed by atoms with Crippen LogP contribution in [0.25, 0.3) is 0 Å². The maximum absolute atomic E-state index is 11.9. The lowest BCUT2D eigenvalue weighted by Crippen LogP contribution is -2.13. The van der Waals surface area contributed by atoms with E-state index in [9.17, 15) is 9.00 Å². The Labute approximate surface area is 112 Å². The monoisotopic (exact) mass is 266 g/mol. The first kappa shape index (κ1) is 15.1. The molecule has 1 atom stereocenters. The molecule has 0 saturated carbocycles. The molecule has 0 aliphatic heterocycles. The van der Waals surface area contributed by atoms with Gasteiger partial charge in [0.1, 0.15) is 0 Å². The molecule has 0 radical (unpaired) electrons. The van der Waals surface area contributed by atoms with Crippen molar-refractivity contribution in [1.29, 1.82) is 0 Å². The largest absolute Gasteiger partial charge is 0.293 e. The molecular formula is C15H22O2S. The van der Waals surface area contributed by atoms with Gasteiger partial charge in [0.2, 0.25) is 0 Å². The minimum atomic E-state index is -1.01. The van der Waals surface area contributed by atoms with Crippen molar-refractivity contribution in [2.24, 2.45) is 0 Å². The number of Topliss-reactive ketones (excluding diaryl/α,β-unsaturated/α-hetero) is 1. The molecule has 1 rings (SSSR count). The van der Waals surface area contributed by atoms with Crippen LogP contribution in [0.5, 0.6) is 0 Å². The molecular weight excluding hydrogens is 244 g/mol. The summed E-state index contributed by atoms with van der Waals surface area (Å²) in [4.78, 5) is 11.9. The summed E-state index contributed by atoms with van der Waals surface area (Å²) in [6.07, 6.45) is 4.09. The van der Waals surface area contributed by atoms with Gasteiger partial charge in [-0.25, -0.2) is 0 Å². The van der Waals surface area contributed by atoms with Gasteiger partial charge in [-0.05, 0) is 18.4 Å². The van der Waals surface area contributed by atoms with Crippen molar-refractivity contribution in [3.05, 3.63) is 35.4 Å². The van der Waals surface area contributed by atoms with Crippen LogP contribution in [0.15, 0.2) is 24.3 Å². The van der Waals surface area contributed by atoms with Crippen molar-refractivity contribution in [2.75, 3.05) is 11.5 Å². The smallest absolute Gasteiger partial charge is 0.175 e. The Kier molecular flexibility index (Phi) is 6.88. The molecule has 0 aliphatic rings. The number of hydrogen-bond acceptors (Lipinski definition) is 2. The first-order valence-corrected chi connectivity index (χ1v) is 8.13. The lowest BCUT2D eigenvalue weighted by molar-refractivity contribution is 0.102. The van der Waals surface area contributed by atoms with E-state index in [1.54, 1.807) is 0 Å². The quantitative estimate of drug-likeness (QED) is 0.676. The van der Waals surface area contributed by atoms with E-state index in [1.165, 1.54) is 5.56 Å². The molecule has 1 aromatic carbocycles. The predicted molar refractivity (Wildman–Crippen MR) is 77.6 cm³/mol. The first-order chi connectivity index (χ1) is 8.67. The van der Waals surface area contributed by atoms with Crippen molar-refractivity contribution in [3.8, 4) is 0 Å². The molecule has 3 heteroatoms. The second-order valence-corrected chi connectivity index (χ2v) is 6.09. The number of ketones is 1. The molecule has 0 fully saturated rings. The molecule has 1 aromatic rings. The average Bonchev–Trinajstić information content (AvgIpc) is 2.37. The molecule has 100 valence electrons. The summed E-state index contributed by atoms with van der Waals surface area (Å²) in [5.41, 5.74) is 1.93. The van der Waals surface area contributed by atoms with Crippen LogP contribution in [0.2, 0.25) is 0 Å². The maximum Gasteiger partial charge on any atom is 0.175 e. The van der Waals surface area contributed by atoms with Crippen LogP contribution in [0.4, 0.5) is 0 Å². The molecule has 2 nitrogen and oxygen atoms in total. The molecule has 0 bridgehead atoms. The Hall–Kier alpha value is -0.960. The standard InChI is InChI=1S/C15H22O2S/c1-3-5-11-18(17)12-15(16)14-9-7-13(6-4-2)8-10-14/h7-10H,3-6,11-12H2,1-2H3. The number of carbonyl (C=O) groups is 1. The van der Waals surface area contributed by atoms with E-state index < -0.39 is 10.8 Å². The number of carbonyl (C=O) groups excluding carboxylic acids is 1. The summed E-state index contributed by atoms with van der Waals surface area (Å²) in [5.74, 6) is 0.788. The van der Waals surface area contributed by atoms with Gasteiger partial charge >= 0.3 is 0 Å². The normalized spacial score (nSPS) is 12.3. The highest BCUT2D eigenvalue weighted by atomic mass is 32.2. The van der Waals surface area contributed by atoms with Gasteiger partial charge in [-0.15, -0.1) is 0 Å². The minimum absolute atomic E-state index is 0.00696. The number of aryl methyl sites for hydroxylation is 1. The zero-order valence-corrected chi connectivity index (χ0v) is 12.1. The van der Waals surface area contributed by atoms with Gasteiger partial charge in [0, 0.05) is 22.1 Å². The highest BCUT2D eigenvalue weighted by molar-refractivity contribution is 7.85. The Morgan fingerprint density at radius 3 is 2.33 bits per heavy atom. The van der Waals surface area contributed by atoms with E-state index in [1.807, 2.05) is 24.3 Å². The number of rotatable bonds is 8. The lowest BCUT2D eigenvalue weighted by Gasteiger charge is -2.03. The zero-order valence-electron chi connectivity index (χ0n) is 11.3. The summed E-state index contributed by atoms with van der Waals surface area (Å²) in [5, 5.41) is 0. The van der Waals surface area contributed by atoms with Crippen molar-refractivity contribution < 1.29 is 9.00 Å². The highest BCUT2D eigenvalue weighted by Gasteiger charge is 2.10. The summed E-state index contributed by atoms with van der Waals surface area (Å²) >= 11 is 0. The second-order valence-electron chi connectivity index (χ2n) is 4.51. The van der Waals surface area contributed by atoms with Crippen molar-refractivity contribution in [3.63, 3.8) is 0 Å². The highest BCUT2D eigenvalue weighted by Crippen LogP contribution is 2.08. The van der Waals surface area contributed by atoms with Crippen LogP contribution in [-0.4, -0.2) is 21.5 Å². The van der Waals surface area contributed by atoms with E-state index in [4.69, 9.17) is 0 Å². The molecule has 18 heavy (non-hydrogen) atoms. The van der Waals surface area contributed by atoms with Crippen LogP contribution in [0.3, 0.4) is 0 Å². The Morgan fingerprint density at radius 1 is 1.11 bits per heavy atom. The zero-order chi connectivity index (χ0) is 13.4. The fourth-order valence-electron chi connectivity index (χ4n) is 1.75. The van der Waals surface area contributed by atoms with Gasteiger partial charge in [0.05, 0.1) is 5.75 Å². The van der Waals surface area contributed by atoms with Crippen LogP contribution in [-0.2, 0) is 17.2 Å². The average molecular weight is 266 g/mol. The summed E-state index contributed by atoms with van der Waals surface area (Å²) in [6.45, 7) is 4.20. The van der Waals surface area contributed by atoms with Crippen LogP contribution < -0.4 is 0 Å². The third-order valence-electron chi connectivity index (χ3n) is 2.83. The molecule has 0 saturated heterocycles. The molecule has 0 spiro atoms. The molecule has 0 amide bonds. The summed E-state index contributed by atoms with van der Waals surface area (Å²) < 4.78 is 11.6. The first-order valence-electron chi connectivity index (χ1n) is 6.64. The van der Waals surface area contributed by atoms with Crippen molar-refractivity contribution >= 4 is 16.6 Å². The number of unbranched alkanes of at least 4 members (excludes halogenated alkanes) is 1. The molecule has 0 aromatic heterocycles. The van der Waals surface area contributed by atoms with Crippen LogP contribution >= 0.6 is 0 Å². The molecule has 1 unspecified atom stereocenters. The van der Waals surface area contributed by atoms with Gasteiger partial charge in [-0.2, -0.15) is 0 Å². The number of benzene rings is 1. The van der Waals surface area contributed by atoms with E-state index in [0.29, 0.717) is 11.3 Å². The van der Waals surface area contributed by atoms with Gasteiger partial charge in [0.25, 0.3) is 0 Å². The van der Waals surface area contributed by atoms with Gasteiger partial charge in [-0.1, -0.05) is 51.0 Å². The molecule has 0 N–H and O–H groups in total. The van der Waals surface area contributed by atoms with E-state index in [0.717, 1.165) is 25.7 Å². The van der Waals surface area contributed by atoms with Gasteiger partial charge in [-0.3, -0.25) is 9.00 Å². The number of hydrogen-bond donors (Lipinski definition) is 0. The van der Waals surface area contributed by atoms with E-state index >= 15 is 0 Å². The van der Waals surface area contributed by atoms with Gasteiger partial charge < -0.3 is 0 Å². The predicted octanol–water partition coefficient (Wildman–Crippen LogP) is 3.37. The van der Waals surface area contributed by atoms with Crippen LogP contribution in [0.1, 0.15) is 49.0 Å². The Balaban J connectivity index is 2.53. The minimum Gasteiger partial charge on any atom is -0.293 e. The van der Waals surface area contributed by atoms with E-state index in [-0.39, 0.29) is 11.5 Å². The van der Waals surface area contributed by atoms with Crippen molar-refractivity contribution in [2.45, 2.75) is 39.5 Å². The summed E-state index contributed by atoms with van der Waals surface area (Å²) in [6, 6.07) is 7.69. The summed E-state index contributed by atoms with van der Waals surface area (Å²) in [7, 11) is -1.01. The van der Waals surface area contributed by atoms with Gasteiger partial charge in [0.15, 0.2) is 5.78 Å². The third-order valence-corrected chi connectivity index (χ3v) is 4.16. The maximum atomic E-state index is 11.9. The topological polar surface area (TPSA) is 34.1 Å².